The van der Waals surface area contributed by atoms with Crippen molar-refractivity contribution in [3.63, 3.8) is 0 Å². The van der Waals surface area contributed by atoms with Gasteiger partial charge in [-0.15, -0.1) is 0 Å². The van der Waals surface area contributed by atoms with Crippen molar-refractivity contribution in [3.8, 4) is 56.2 Å². The van der Waals surface area contributed by atoms with Gasteiger partial charge in [0.1, 0.15) is 11.2 Å². The third kappa shape index (κ3) is 4.86. The van der Waals surface area contributed by atoms with Gasteiger partial charge in [-0.25, -0.2) is 9.97 Å². The minimum absolute atomic E-state index is 0.709. The van der Waals surface area contributed by atoms with Crippen molar-refractivity contribution in [2.45, 2.75) is 0 Å². The molecule has 2 aromatic heterocycles. The Balaban J connectivity index is 1.15. The minimum Gasteiger partial charge on any atom is -0.455 e. The van der Waals surface area contributed by atoms with Crippen LogP contribution in [-0.2, 0) is 0 Å². The topological polar surface area (TPSA) is 38.9 Å². The van der Waals surface area contributed by atoms with E-state index in [2.05, 4.69) is 133 Å². The van der Waals surface area contributed by atoms with Crippen LogP contribution in [0, 0.1) is 0 Å². The molecule has 0 atom stereocenters. The highest BCUT2D eigenvalue weighted by Gasteiger charge is 2.15. The van der Waals surface area contributed by atoms with Crippen molar-refractivity contribution in [1.82, 2.24) is 9.97 Å². The molecule has 0 unspecified atom stereocenters. The van der Waals surface area contributed by atoms with Crippen LogP contribution in [0.15, 0.2) is 174 Å². The van der Waals surface area contributed by atoms with Crippen LogP contribution in [0.5, 0.6) is 0 Å². The van der Waals surface area contributed by atoms with Gasteiger partial charge in [-0.1, -0.05) is 146 Å². The van der Waals surface area contributed by atoms with E-state index in [0.29, 0.717) is 5.82 Å². The van der Waals surface area contributed by atoms with Crippen molar-refractivity contribution in [2.24, 2.45) is 0 Å². The average molecular weight is 601 g/mol. The van der Waals surface area contributed by atoms with E-state index < -0.39 is 0 Å². The third-order valence-electron chi connectivity index (χ3n) is 8.88. The lowest BCUT2D eigenvalue weighted by Gasteiger charge is -2.11. The van der Waals surface area contributed by atoms with Crippen molar-refractivity contribution in [3.05, 3.63) is 170 Å². The summed E-state index contributed by atoms with van der Waals surface area (Å²) < 4.78 is 6.65. The van der Waals surface area contributed by atoms with E-state index in [4.69, 9.17) is 14.4 Å². The van der Waals surface area contributed by atoms with Gasteiger partial charge in [0.2, 0.25) is 0 Å². The quantitative estimate of drug-likeness (QED) is 0.197. The number of furan rings is 1. The number of fused-ring (bicyclic) bond motifs is 5. The number of aromatic nitrogens is 2. The molecule has 0 aliphatic rings. The van der Waals surface area contributed by atoms with E-state index in [1.807, 2.05) is 36.4 Å². The van der Waals surface area contributed by atoms with Gasteiger partial charge in [-0.05, 0) is 46.3 Å². The van der Waals surface area contributed by atoms with E-state index >= 15 is 0 Å². The van der Waals surface area contributed by atoms with Gasteiger partial charge in [0.15, 0.2) is 5.82 Å². The Labute approximate surface area is 272 Å². The van der Waals surface area contributed by atoms with Gasteiger partial charge in [-0.3, -0.25) is 0 Å². The van der Waals surface area contributed by atoms with Crippen LogP contribution < -0.4 is 0 Å². The van der Waals surface area contributed by atoms with Crippen molar-refractivity contribution in [2.75, 3.05) is 0 Å². The second-order valence-electron chi connectivity index (χ2n) is 11.8. The zero-order chi connectivity index (χ0) is 31.2. The van der Waals surface area contributed by atoms with E-state index in [9.17, 15) is 0 Å². The van der Waals surface area contributed by atoms with E-state index in [1.54, 1.807) is 0 Å². The first kappa shape index (κ1) is 27.0. The Hall–Kier alpha value is -6.32. The van der Waals surface area contributed by atoms with E-state index in [-0.39, 0.29) is 0 Å². The van der Waals surface area contributed by atoms with Crippen LogP contribution in [0.3, 0.4) is 0 Å². The summed E-state index contributed by atoms with van der Waals surface area (Å²) >= 11 is 0. The lowest BCUT2D eigenvalue weighted by Crippen LogP contribution is -1.96. The fourth-order valence-corrected chi connectivity index (χ4v) is 6.55. The van der Waals surface area contributed by atoms with Crippen LogP contribution in [-0.4, -0.2) is 9.97 Å². The molecule has 0 fully saturated rings. The van der Waals surface area contributed by atoms with E-state index in [1.165, 1.54) is 5.39 Å². The molecule has 7 aromatic carbocycles. The molecule has 3 nitrogen and oxygen atoms in total. The number of hydrogen-bond donors (Lipinski definition) is 0. The van der Waals surface area contributed by atoms with Crippen LogP contribution in [0.2, 0.25) is 0 Å². The molecule has 0 bridgehead atoms. The molecule has 0 radical (unpaired) electrons. The predicted molar refractivity (Wildman–Crippen MR) is 194 cm³/mol. The van der Waals surface area contributed by atoms with Crippen LogP contribution >= 0.6 is 0 Å². The number of hydrogen-bond acceptors (Lipinski definition) is 3. The summed E-state index contributed by atoms with van der Waals surface area (Å²) in [5, 5.41) is 4.58. The molecule has 0 N–H and O–H groups in total. The van der Waals surface area contributed by atoms with Crippen molar-refractivity contribution < 1.29 is 4.42 Å². The van der Waals surface area contributed by atoms with Gasteiger partial charge in [0, 0.05) is 38.4 Å². The maximum Gasteiger partial charge on any atom is 0.160 e. The van der Waals surface area contributed by atoms with Crippen LogP contribution in [0.1, 0.15) is 0 Å². The third-order valence-corrected chi connectivity index (χ3v) is 8.88. The predicted octanol–water partition coefficient (Wildman–Crippen LogP) is 11.9. The first-order valence-corrected chi connectivity index (χ1v) is 15.8. The molecular formula is C44H28N2O. The molecule has 9 aromatic rings. The van der Waals surface area contributed by atoms with Crippen molar-refractivity contribution in [1.29, 1.82) is 0 Å². The highest BCUT2D eigenvalue weighted by Crippen LogP contribution is 2.40. The SMILES string of the molecule is c1ccc(-c2cc(-c3cccc(-c4cccc(-c5cccc6c5oc5c7ccccc7ccc65)c4)c3)nc(-c3ccccc3)n2)cc1. The largest absolute Gasteiger partial charge is 0.455 e. The molecule has 0 saturated heterocycles. The molecule has 0 saturated carbocycles. The summed E-state index contributed by atoms with van der Waals surface area (Å²) in [5.41, 5.74) is 11.2. The molecule has 0 spiro atoms. The average Bonchev–Trinajstić information content (AvgIpc) is 3.55. The highest BCUT2D eigenvalue weighted by atomic mass is 16.3. The summed E-state index contributed by atoms with van der Waals surface area (Å²) in [6.45, 7) is 0. The van der Waals surface area contributed by atoms with Gasteiger partial charge in [-0.2, -0.15) is 0 Å². The summed E-state index contributed by atoms with van der Waals surface area (Å²) in [7, 11) is 0. The monoisotopic (exact) mass is 600 g/mol. The molecule has 3 heteroatoms. The number of para-hydroxylation sites is 1. The van der Waals surface area contributed by atoms with Gasteiger partial charge < -0.3 is 4.42 Å². The second kappa shape index (κ2) is 11.2. The van der Waals surface area contributed by atoms with Gasteiger partial charge in [0.05, 0.1) is 11.4 Å². The Morgan fingerprint density at radius 3 is 1.68 bits per heavy atom. The molecule has 0 aliphatic heterocycles. The Kier molecular flexibility index (Phi) is 6.46. The molecule has 0 amide bonds. The van der Waals surface area contributed by atoms with Crippen molar-refractivity contribution >= 4 is 32.7 Å². The molecule has 0 aliphatic carbocycles. The normalized spacial score (nSPS) is 11.4. The van der Waals surface area contributed by atoms with Crippen LogP contribution in [0.25, 0.3) is 88.9 Å². The molecular weight excluding hydrogens is 572 g/mol. The zero-order valence-corrected chi connectivity index (χ0v) is 25.5. The maximum absolute atomic E-state index is 6.65. The first-order valence-electron chi connectivity index (χ1n) is 15.8. The Morgan fingerprint density at radius 2 is 0.894 bits per heavy atom. The molecule has 47 heavy (non-hydrogen) atoms. The molecule has 220 valence electrons. The second-order valence-corrected chi connectivity index (χ2v) is 11.8. The maximum atomic E-state index is 6.65. The standard InChI is InChI=1S/C44H28N2O/c1-3-13-30(14-4-1)40-28-41(46-44(45-40)31-15-5-2-6-16-31)35-20-10-18-33(27-35)32-17-9-19-34(26-32)37-22-11-23-38-39-25-24-29-12-7-8-21-36(29)42(39)47-43(37)38/h1-28H. The summed E-state index contributed by atoms with van der Waals surface area (Å²) in [4.78, 5) is 10.0. The fourth-order valence-electron chi connectivity index (χ4n) is 6.55. The Morgan fingerprint density at radius 1 is 0.340 bits per heavy atom. The fraction of sp³-hybridized carbons (Fsp3) is 0. The smallest absolute Gasteiger partial charge is 0.160 e. The lowest BCUT2D eigenvalue weighted by atomic mass is 9.96. The van der Waals surface area contributed by atoms with Gasteiger partial charge in [0.25, 0.3) is 0 Å². The minimum atomic E-state index is 0.709. The van der Waals surface area contributed by atoms with Crippen LogP contribution in [0.4, 0.5) is 0 Å². The highest BCUT2D eigenvalue weighted by molar-refractivity contribution is 6.17. The van der Waals surface area contributed by atoms with Gasteiger partial charge >= 0.3 is 0 Å². The first-order chi connectivity index (χ1) is 23.3. The summed E-state index contributed by atoms with van der Waals surface area (Å²) in [6, 6.07) is 59.1. The molecule has 2 heterocycles. The lowest BCUT2D eigenvalue weighted by molar-refractivity contribution is 0.674. The Bertz CT molecular complexity index is 2510. The number of rotatable bonds is 5. The molecule has 9 rings (SSSR count). The summed E-state index contributed by atoms with van der Waals surface area (Å²) in [6.07, 6.45) is 0. The summed E-state index contributed by atoms with van der Waals surface area (Å²) in [5.74, 6) is 0.709. The number of benzene rings is 7. The van der Waals surface area contributed by atoms with E-state index in [0.717, 1.165) is 77.7 Å². The zero-order valence-electron chi connectivity index (χ0n) is 25.5. The number of nitrogens with zero attached hydrogens (tertiary/aromatic N) is 2.